The number of rotatable bonds is 4. The average molecular weight is 509 g/mol. The Morgan fingerprint density at radius 2 is 1.58 bits per heavy atom. The molecule has 3 aromatic heterocycles. The fourth-order valence-corrected chi connectivity index (χ4v) is 6.22. The molecule has 3 heterocycles. The van der Waals surface area contributed by atoms with Crippen LogP contribution in [0.5, 0.6) is 0 Å². The van der Waals surface area contributed by atoms with Crippen LogP contribution in [0.3, 0.4) is 0 Å². The molecule has 2 N–H and O–H groups in total. The molecule has 0 fully saturated rings. The highest BCUT2D eigenvalue weighted by molar-refractivity contribution is 7.26. The maximum Gasteiger partial charge on any atom is 0.160 e. The van der Waals surface area contributed by atoms with Crippen LogP contribution in [-0.4, -0.2) is 15.0 Å². The van der Waals surface area contributed by atoms with E-state index in [9.17, 15) is 0 Å². The van der Waals surface area contributed by atoms with Gasteiger partial charge in [0.2, 0.25) is 0 Å². The molecule has 0 saturated carbocycles. The SMILES string of the molecule is Nc1cc(-c2ccc(-c3ccccn3)cc2)cc(-c2nc(C3=CC=CCC3)c3sc4ccccc4c3n2)c1. The molecule has 1 aliphatic rings. The van der Waals surface area contributed by atoms with Crippen LogP contribution in [0.25, 0.3) is 59.6 Å². The number of aromatic nitrogens is 3. The molecule has 0 amide bonds. The highest BCUT2D eigenvalue weighted by Gasteiger charge is 2.18. The van der Waals surface area contributed by atoms with Gasteiger partial charge in [0, 0.05) is 33.1 Å². The minimum atomic E-state index is 0.687. The third kappa shape index (κ3) is 4.07. The van der Waals surface area contributed by atoms with Gasteiger partial charge in [-0.15, -0.1) is 11.3 Å². The Hall–Kier alpha value is -4.61. The third-order valence-electron chi connectivity index (χ3n) is 6.93. The quantitative estimate of drug-likeness (QED) is 0.242. The Labute approximate surface area is 224 Å². The van der Waals surface area contributed by atoms with Crippen molar-refractivity contribution in [2.45, 2.75) is 12.8 Å². The van der Waals surface area contributed by atoms with Gasteiger partial charge in [0.25, 0.3) is 0 Å². The largest absolute Gasteiger partial charge is 0.399 e. The van der Waals surface area contributed by atoms with Crippen molar-refractivity contribution in [3.63, 3.8) is 0 Å². The van der Waals surface area contributed by atoms with Crippen LogP contribution in [0, 0.1) is 0 Å². The highest BCUT2D eigenvalue weighted by Crippen LogP contribution is 2.40. The van der Waals surface area contributed by atoms with Gasteiger partial charge < -0.3 is 5.73 Å². The molecule has 6 aromatic rings. The Balaban J connectivity index is 1.37. The fourth-order valence-electron chi connectivity index (χ4n) is 5.05. The Kier molecular flexibility index (Phi) is 5.56. The molecule has 0 aliphatic heterocycles. The van der Waals surface area contributed by atoms with E-state index >= 15 is 0 Å². The number of anilines is 1. The van der Waals surface area contributed by atoms with Crippen LogP contribution in [0.15, 0.2) is 109 Å². The second-order valence-corrected chi connectivity index (χ2v) is 10.5. The van der Waals surface area contributed by atoms with E-state index in [-0.39, 0.29) is 0 Å². The van der Waals surface area contributed by atoms with Crippen molar-refractivity contribution in [1.82, 2.24) is 15.0 Å². The third-order valence-corrected chi connectivity index (χ3v) is 8.10. The summed E-state index contributed by atoms with van der Waals surface area (Å²) >= 11 is 1.77. The fraction of sp³-hybridized carbons (Fsp3) is 0.0606. The molecule has 38 heavy (non-hydrogen) atoms. The number of hydrogen-bond donors (Lipinski definition) is 1. The summed E-state index contributed by atoms with van der Waals surface area (Å²) in [6.07, 6.45) is 10.3. The summed E-state index contributed by atoms with van der Waals surface area (Å²) in [4.78, 5) is 14.7. The topological polar surface area (TPSA) is 64.7 Å². The summed E-state index contributed by atoms with van der Waals surface area (Å²) in [5, 5.41) is 1.17. The van der Waals surface area contributed by atoms with Crippen LogP contribution < -0.4 is 5.73 Å². The Bertz CT molecular complexity index is 1870. The molecular weight excluding hydrogens is 484 g/mol. The van der Waals surface area contributed by atoms with Gasteiger partial charge in [0.05, 0.1) is 21.6 Å². The molecule has 5 heteroatoms. The number of thiophene rings is 1. The van der Waals surface area contributed by atoms with Crippen LogP contribution in [0.4, 0.5) is 5.69 Å². The Morgan fingerprint density at radius 3 is 2.39 bits per heavy atom. The maximum atomic E-state index is 6.44. The molecule has 4 nitrogen and oxygen atoms in total. The van der Waals surface area contributed by atoms with Crippen LogP contribution >= 0.6 is 11.3 Å². The van der Waals surface area contributed by atoms with Crippen molar-refractivity contribution in [2.24, 2.45) is 0 Å². The highest BCUT2D eigenvalue weighted by atomic mass is 32.1. The number of benzene rings is 3. The van der Waals surface area contributed by atoms with Crippen molar-refractivity contribution < 1.29 is 0 Å². The lowest BCUT2D eigenvalue weighted by atomic mass is 9.99. The number of fused-ring (bicyclic) bond motifs is 3. The van der Waals surface area contributed by atoms with Gasteiger partial charge in [-0.3, -0.25) is 4.98 Å². The van der Waals surface area contributed by atoms with E-state index in [1.165, 1.54) is 15.7 Å². The second-order valence-electron chi connectivity index (χ2n) is 9.47. The summed E-state index contributed by atoms with van der Waals surface area (Å²) in [5.74, 6) is 0.699. The normalized spacial score (nSPS) is 13.2. The number of allylic oxidation sites excluding steroid dienone is 4. The molecule has 3 aromatic carbocycles. The number of nitrogen functional groups attached to an aromatic ring is 1. The lowest BCUT2D eigenvalue weighted by Crippen LogP contribution is -1.99. The molecule has 182 valence electrons. The van der Waals surface area contributed by atoms with Gasteiger partial charge in [0.15, 0.2) is 5.82 Å². The minimum absolute atomic E-state index is 0.687. The Morgan fingerprint density at radius 1 is 0.763 bits per heavy atom. The molecule has 0 atom stereocenters. The number of nitrogens with two attached hydrogens (primary N) is 1. The van der Waals surface area contributed by atoms with Crippen molar-refractivity contribution in [3.05, 3.63) is 115 Å². The van der Waals surface area contributed by atoms with Gasteiger partial charge in [0.1, 0.15) is 0 Å². The summed E-state index contributed by atoms with van der Waals surface area (Å²) in [5.41, 5.74) is 15.5. The molecule has 0 saturated heterocycles. The van der Waals surface area contributed by atoms with E-state index in [1.54, 1.807) is 11.3 Å². The van der Waals surface area contributed by atoms with Crippen LogP contribution in [-0.2, 0) is 0 Å². The minimum Gasteiger partial charge on any atom is -0.399 e. The van der Waals surface area contributed by atoms with Crippen molar-refractivity contribution >= 4 is 42.9 Å². The summed E-state index contributed by atoms with van der Waals surface area (Å²) < 4.78 is 2.37. The van der Waals surface area contributed by atoms with E-state index in [0.29, 0.717) is 11.5 Å². The summed E-state index contributed by atoms with van der Waals surface area (Å²) in [7, 11) is 0. The van der Waals surface area contributed by atoms with Gasteiger partial charge in [-0.05, 0) is 65.9 Å². The van der Waals surface area contributed by atoms with Crippen molar-refractivity contribution in [1.29, 1.82) is 0 Å². The number of hydrogen-bond acceptors (Lipinski definition) is 5. The molecule has 1 aliphatic carbocycles. The van der Waals surface area contributed by atoms with E-state index in [1.807, 2.05) is 36.5 Å². The first-order chi connectivity index (χ1) is 18.7. The first-order valence-corrected chi connectivity index (χ1v) is 13.5. The van der Waals surface area contributed by atoms with E-state index in [2.05, 4.69) is 77.8 Å². The second kappa shape index (κ2) is 9.36. The summed E-state index contributed by atoms with van der Waals surface area (Å²) in [6, 6.07) is 29.0. The predicted molar refractivity (Wildman–Crippen MR) is 160 cm³/mol. The van der Waals surface area contributed by atoms with Crippen molar-refractivity contribution in [3.8, 4) is 33.8 Å². The zero-order chi connectivity index (χ0) is 25.5. The standard InChI is InChI=1S/C33H24N4S/c34-26-19-24(21-13-15-22(16-14-21)28-11-6-7-17-35-28)18-25(20-26)33-36-30(23-8-2-1-3-9-23)32-31(37-33)27-10-4-5-12-29(27)38-32/h1-2,4-8,10-20H,3,9,34H2. The van der Waals surface area contributed by atoms with Gasteiger partial charge in [-0.2, -0.15) is 0 Å². The molecular formula is C33H24N4S. The van der Waals surface area contributed by atoms with Crippen LogP contribution in [0.2, 0.25) is 0 Å². The maximum absolute atomic E-state index is 6.44. The lowest BCUT2D eigenvalue weighted by Gasteiger charge is -2.13. The lowest BCUT2D eigenvalue weighted by molar-refractivity contribution is 1.04. The molecule has 7 rings (SSSR count). The first-order valence-electron chi connectivity index (χ1n) is 12.7. The average Bonchev–Trinajstić information content (AvgIpc) is 3.36. The number of pyridine rings is 1. The zero-order valence-electron chi connectivity index (χ0n) is 20.6. The molecule has 0 radical (unpaired) electrons. The summed E-state index contributed by atoms with van der Waals surface area (Å²) in [6.45, 7) is 0. The predicted octanol–water partition coefficient (Wildman–Crippen LogP) is 8.56. The first kappa shape index (κ1) is 22.6. The van der Waals surface area contributed by atoms with E-state index in [4.69, 9.17) is 15.7 Å². The van der Waals surface area contributed by atoms with Gasteiger partial charge in [-0.25, -0.2) is 9.97 Å². The molecule has 0 bridgehead atoms. The molecule has 0 unspecified atom stereocenters. The zero-order valence-corrected chi connectivity index (χ0v) is 21.5. The van der Waals surface area contributed by atoms with Crippen LogP contribution in [0.1, 0.15) is 18.5 Å². The smallest absolute Gasteiger partial charge is 0.160 e. The van der Waals surface area contributed by atoms with Crippen molar-refractivity contribution in [2.75, 3.05) is 5.73 Å². The monoisotopic (exact) mass is 508 g/mol. The van der Waals surface area contributed by atoms with E-state index in [0.717, 1.165) is 56.7 Å². The number of nitrogens with zero attached hydrogens (tertiary/aromatic N) is 3. The van der Waals surface area contributed by atoms with E-state index < -0.39 is 0 Å². The molecule has 0 spiro atoms. The van der Waals surface area contributed by atoms with Gasteiger partial charge in [-0.1, -0.05) is 66.8 Å². The van der Waals surface area contributed by atoms with Gasteiger partial charge >= 0.3 is 0 Å².